The van der Waals surface area contributed by atoms with E-state index in [1.807, 2.05) is 12.2 Å². The molecule has 3 rings (SSSR count). The van der Waals surface area contributed by atoms with E-state index >= 15 is 0 Å². The number of fused-ring (bicyclic) bond motifs is 1. The smallest absolute Gasteiger partial charge is 0.389 e. The number of allylic oxidation sites excluding steroid dienone is 3. The number of nitrogen functional groups attached to an aromatic ring is 1. The summed E-state index contributed by atoms with van der Waals surface area (Å²) in [6.45, 7) is 2.48. The minimum absolute atomic E-state index is 0.0252. The van der Waals surface area contributed by atoms with Crippen molar-refractivity contribution in [3.63, 3.8) is 0 Å². The van der Waals surface area contributed by atoms with E-state index in [4.69, 9.17) is 19.5 Å². The summed E-state index contributed by atoms with van der Waals surface area (Å²) in [5, 5.41) is 36.2. The van der Waals surface area contributed by atoms with Gasteiger partial charge in [0.1, 0.15) is 36.3 Å². The molecule has 1 aliphatic heterocycles. The molecule has 11 N–H and O–H groups in total. The molecule has 1 saturated heterocycles. The van der Waals surface area contributed by atoms with E-state index in [1.165, 1.54) is 32.8 Å². The van der Waals surface area contributed by atoms with Gasteiger partial charge < -0.3 is 56.0 Å². The summed E-state index contributed by atoms with van der Waals surface area (Å²) in [6.07, 6.45) is 4.58. The van der Waals surface area contributed by atoms with Crippen molar-refractivity contribution >= 4 is 69.1 Å². The van der Waals surface area contributed by atoms with E-state index in [-0.39, 0.29) is 53.8 Å². The molecule has 0 bridgehead atoms. The second kappa shape index (κ2) is 25.1. The van der Waals surface area contributed by atoms with Crippen molar-refractivity contribution < 1.29 is 85.6 Å². The summed E-state index contributed by atoms with van der Waals surface area (Å²) in [5.41, 5.74) is 4.24. The van der Waals surface area contributed by atoms with Crippen LogP contribution in [0, 0.1) is 5.41 Å². The number of hydrogen-bond acceptors (Lipinski definition) is 19. The molecule has 25 nitrogen and oxygen atoms in total. The Morgan fingerprint density at radius 3 is 2.43 bits per heavy atom. The highest BCUT2D eigenvalue weighted by Gasteiger charge is 2.50. The van der Waals surface area contributed by atoms with Crippen molar-refractivity contribution in [3.8, 4) is 0 Å². The van der Waals surface area contributed by atoms with Crippen LogP contribution >= 0.6 is 35.2 Å². The van der Waals surface area contributed by atoms with Crippen LogP contribution in [0.4, 0.5) is 5.82 Å². The fraction of sp³-hybridized carbons (Fsp3) is 0.647. The molecule has 0 saturated carbocycles. The maximum atomic E-state index is 12.7. The van der Waals surface area contributed by atoms with Crippen LogP contribution in [0.5, 0.6) is 0 Å². The average molecular weight is 976 g/mol. The van der Waals surface area contributed by atoms with E-state index in [9.17, 15) is 63.0 Å². The topological polar surface area (TPSA) is 384 Å². The second-order valence-corrected chi connectivity index (χ2v) is 20.1. The second-order valence-electron chi connectivity index (χ2n) is 14.7. The predicted molar refractivity (Wildman–Crippen MR) is 225 cm³/mol. The van der Waals surface area contributed by atoms with Gasteiger partial charge in [-0.15, -0.1) is 0 Å². The largest absolute Gasteiger partial charge is 0.481 e. The Balaban J connectivity index is 1.40. The first kappa shape index (κ1) is 54.3. The van der Waals surface area contributed by atoms with Gasteiger partial charge in [-0.25, -0.2) is 28.6 Å². The van der Waals surface area contributed by atoms with Crippen LogP contribution in [0.1, 0.15) is 71.9 Å². The van der Waals surface area contributed by atoms with Gasteiger partial charge in [-0.05, 0) is 12.8 Å². The number of imidazole rings is 1. The van der Waals surface area contributed by atoms with Crippen LogP contribution in [-0.2, 0) is 50.7 Å². The zero-order valence-electron chi connectivity index (χ0n) is 34.7. The molecule has 3 heterocycles. The number of ether oxygens (including phenoxy) is 1. The van der Waals surface area contributed by atoms with E-state index in [1.54, 1.807) is 6.08 Å². The number of carbonyl (C=O) groups excluding carboxylic acids is 3. The highest BCUT2D eigenvalue weighted by Crippen LogP contribution is 2.61. The van der Waals surface area contributed by atoms with Crippen molar-refractivity contribution in [2.75, 3.05) is 37.8 Å². The number of aromatic nitrogens is 4. The Hall–Kier alpha value is -3.00. The summed E-state index contributed by atoms with van der Waals surface area (Å²) in [4.78, 5) is 88.0. The first-order valence-electron chi connectivity index (χ1n) is 19.5. The minimum atomic E-state index is -5.59. The van der Waals surface area contributed by atoms with Gasteiger partial charge in [0.25, 0.3) is 0 Å². The lowest BCUT2D eigenvalue weighted by molar-refractivity contribution is -0.137. The first-order chi connectivity index (χ1) is 29.4. The Morgan fingerprint density at radius 2 is 1.73 bits per heavy atom. The molecule has 29 heteroatoms. The van der Waals surface area contributed by atoms with Crippen molar-refractivity contribution in [2.45, 2.75) is 102 Å². The van der Waals surface area contributed by atoms with E-state index in [2.05, 4.69) is 41.3 Å². The molecule has 2 aromatic rings. The monoisotopic (exact) mass is 975 g/mol. The summed E-state index contributed by atoms with van der Waals surface area (Å²) in [7, 11) is -16.4. The maximum absolute atomic E-state index is 12.7. The molecular formula is C34H56N7O18P3S. The molecule has 2 amide bonds. The molecule has 0 radical (unpaired) electrons. The summed E-state index contributed by atoms with van der Waals surface area (Å²) >= 11 is 0.942. The lowest BCUT2D eigenvalue weighted by Gasteiger charge is -2.30. The summed E-state index contributed by atoms with van der Waals surface area (Å²) in [5.74, 6) is -1.29. The lowest BCUT2D eigenvalue weighted by Crippen LogP contribution is -2.46. The number of rotatable bonds is 28. The third-order valence-electron chi connectivity index (χ3n) is 8.95. The molecule has 1 fully saturated rings. The number of nitrogens with one attached hydrogen (secondary N) is 2. The van der Waals surface area contributed by atoms with Crippen molar-refractivity contribution in [2.24, 2.45) is 5.41 Å². The third-order valence-corrected chi connectivity index (χ3v) is 12.9. The number of aliphatic hydroxyl groups is 3. The molecule has 8 unspecified atom stereocenters. The number of thioether (sulfide) groups is 1. The number of nitrogens with two attached hydrogens (primary N) is 1. The van der Waals surface area contributed by atoms with Gasteiger partial charge in [0.05, 0.1) is 25.6 Å². The molecule has 0 aromatic carbocycles. The number of aliphatic hydroxyl groups excluding tert-OH is 3. The molecule has 1 aliphatic rings. The third kappa shape index (κ3) is 18.8. The normalized spacial score (nSPS) is 21.4. The maximum Gasteiger partial charge on any atom is 0.481 e. The number of carbonyl (C=O) groups is 3. The number of hydrogen-bond donors (Lipinski definition) is 10. The first-order valence-corrected chi connectivity index (χ1v) is 25.0. The SMILES string of the molecule is CCCCCC/C=C/C=C/C(O)CC(=O)SCCNC(=O)CCNC(=O)C(O)C(C)(C)COP(=O)(O)OP(=O)(O)OCC1OC(n2cnc3c(N)ncnc32)C(O)C1OP(=O)(O)O. The number of amides is 2. The molecule has 8 atom stereocenters. The number of nitrogens with zero attached hydrogens (tertiary/aromatic N) is 4. The van der Waals surface area contributed by atoms with Gasteiger partial charge >= 0.3 is 23.5 Å². The fourth-order valence-corrected chi connectivity index (χ4v) is 9.20. The predicted octanol–water partition coefficient (Wildman–Crippen LogP) is 1.50. The molecule has 0 spiro atoms. The van der Waals surface area contributed by atoms with Crippen LogP contribution in [-0.4, -0.2) is 134 Å². The Labute approximate surface area is 366 Å². The molecule has 2 aromatic heterocycles. The van der Waals surface area contributed by atoms with Crippen molar-refractivity contribution in [3.05, 3.63) is 37.0 Å². The van der Waals surface area contributed by atoms with E-state index in [0.29, 0.717) is 0 Å². The standard InChI is InChI=1S/C34H56N7O18P3S/c1-4-5-6-7-8-9-10-11-12-22(42)17-25(44)63-16-15-36-24(43)13-14-37-32(47)29(46)34(2,3)19-56-62(53,54)59-61(51,52)55-18-23-28(58-60(48,49)50)27(45)33(57-23)41-21-40-26-30(35)38-20-39-31(26)41/h9-12,20-23,27-29,33,42,45-46H,4-8,13-19H2,1-3H3,(H,36,43)(H,37,47)(H,51,52)(H,53,54)(H2,35,38,39)(H2,48,49,50)/b10-9+,12-11+. The lowest BCUT2D eigenvalue weighted by atomic mass is 9.87. The Kier molecular flexibility index (Phi) is 21.6. The average Bonchev–Trinajstić information content (AvgIpc) is 3.75. The number of phosphoric ester groups is 3. The Morgan fingerprint density at radius 1 is 1.02 bits per heavy atom. The van der Waals surface area contributed by atoms with Gasteiger partial charge in [0, 0.05) is 37.1 Å². The van der Waals surface area contributed by atoms with Crippen molar-refractivity contribution in [1.82, 2.24) is 30.2 Å². The van der Waals surface area contributed by atoms with E-state index in [0.717, 1.165) is 48.2 Å². The highest BCUT2D eigenvalue weighted by atomic mass is 32.2. The molecule has 356 valence electrons. The zero-order chi connectivity index (χ0) is 47.0. The summed E-state index contributed by atoms with van der Waals surface area (Å²) < 4.78 is 62.3. The van der Waals surface area contributed by atoms with Crippen LogP contribution in [0.3, 0.4) is 0 Å². The van der Waals surface area contributed by atoms with E-state index < -0.39 is 90.7 Å². The zero-order valence-corrected chi connectivity index (χ0v) is 38.2. The number of phosphoric acid groups is 3. The van der Waals surface area contributed by atoms with Gasteiger partial charge in [-0.2, -0.15) is 4.31 Å². The number of unbranched alkanes of at least 4 members (excludes halogenated alkanes) is 4. The summed E-state index contributed by atoms with van der Waals surface area (Å²) in [6, 6.07) is 0. The number of anilines is 1. The Bertz CT molecular complexity index is 2040. The van der Waals surface area contributed by atoms with Crippen LogP contribution < -0.4 is 16.4 Å². The van der Waals surface area contributed by atoms with Crippen LogP contribution in [0.2, 0.25) is 0 Å². The fourth-order valence-electron chi connectivity index (χ4n) is 5.65. The van der Waals surface area contributed by atoms with Crippen LogP contribution in [0.15, 0.2) is 37.0 Å². The van der Waals surface area contributed by atoms with Gasteiger partial charge in [-0.3, -0.25) is 32.5 Å². The van der Waals surface area contributed by atoms with Crippen molar-refractivity contribution in [1.29, 1.82) is 0 Å². The molecular weight excluding hydrogens is 919 g/mol. The quantitative estimate of drug-likeness (QED) is 0.0328. The highest BCUT2D eigenvalue weighted by molar-refractivity contribution is 8.13. The van der Waals surface area contributed by atoms with Gasteiger partial charge in [0.15, 0.2) is 22.8 Å². The van der Waals surface area contributed by atoms with Gasteiger partial charge in [-0.1, -0.05) is 76.1 Å². The van der Waals surface area contributed by atoms with Crippen LogP contribution in [0.25, 0.3) is 11.2 Å². The minimum Gasteiger partial charge on any atom is -0.389 e. The molecule has 63 heavy (non-hydrogen) atoms. The molecule has 0 aliphatic carbocycles. The van der Waals surface area contributed by atoms with Gasteiger partial charge in [0.2, 0.25) is 11.8 Å².